The maximum Gasteiger partial charge on any atom is 0.256 e. The van der Waals surface area contributed by atoms with Crippen LogP contribution >= 0.6 is 0 Å². The molecule has 11 heteroatoms. The summed E-state index contributed by atoms with van der Waals surface area (Å²) >= 11 is 0. The summed E-state index contributed by atoms with van der Waals surface area (Å²) in [6, 6.07) is 2.84. The van der Waals surface area contributed by atoms with Crippen LogP contribution in [0.4, 0.5) is 16.2 Å². The number of anilines is 2. The van der Waals surface area contributed by atoms with Crippen molar-refractivity contribution in [2.75, 3.05) is 23.0 Å². The third-order valence-corrected chi connectivity index (χ3v) is 6.20. The van der Waals surface area contributed by atoms with Crippen molar-refractivity contribution in [2.24, 2.45) is 16.8 Å². The van der Waals surface area contributed by atoms with Gasteiger partial charge < -0.3 is 15.6 Å². The Bertz CT molecular complexity index is 994. The summed E-state index contributed by atoms with van der Waals surface area (Å²) in [7, 11) is 0. The van der Waals surface area contributed by atoms with Crippen molar-refractivity contribution in [3.63, 3.8) is 0 Å². The molecule has 3 heterocycles. The van der Waals surface area contributed by atoms with Gasteiger partial charge in [0.15, 0.2) is 0 Å². The van der Waals surface area contributed by atoms with E-state index in [0.29, 0.717) is 36.1 Å². The number of amides is 1. The van der Waals surface area contributed by atoms with Gasteiger partial charge in [0.2, 0.25) is 5.95 Å². The number of hydrogen-bond donors (Lipinski definition) is 2. The van der Waals surface area contributed by atoms with Crippen molar-refractivity contribution < 1.29 is 9.18 Å². The summed E-state index contributed by atoms with van der Waals surface area (Å²) in [4.78, 5) is 29.9. The van der Waals surface area contributed by atoms with E-state index in [2.05, 4.69) is 20.1 Å². The Labute approximate surface area is 192 Å². The zero-order chi connectivity index (χ0) is 23.5. The molecule has 2 atom stereocenters. The highest BCUT2D eigenvalue weighted by Gasteiger charge is 2.43. The van der Waals surface area contributed by atoms with Crippen LogP contribution in [-0.2, 0) is 6.42 Å². The molecule has 176 valence electrons. The van der Waals surface area contributed by atoms with Gasteiger partial charge in [0.05, 0.1) is 18.2 Å². The summed E-state index contributed by atoms with van der Waals surface area (Å²) in [5.74, 6) is 12.3. The molecule has 1 amide bonds. The molecule has 2 fully saturated rings. The number of nitrogens with two attached hydrogens (primary N) is 2. The lowest BCUT2D eigenvalue weighted by atomic mass is 10.00. The lowest BCUT2D eigenvalue weighted by Gasteiger charge is -2.41. The minimum absolute atomic E-state index is 0.0599. The number of hydrazone groups is 1. The second kappa shape index (κ2) is 9.65. The summed E-state index contributed by atoms with van der Waals surface area (Å²) in [6.07, 6.45) is 6.95. The number of halogens is 1. The first-order chi connectivity index (χ1) is 15.9. The number of rotatable bonds is 6. The van der Waals surface area contributed by atoms with Crippen LogP contribution in [0.2, 0.25) is 0 Å². The van der Waals surface area contributed by atoms with Crippen LogP contribution < -0.4 is 21.6 Å². The molecule has 2 unspecified atom stereocenters. The molecule has 0 bridgehead atoms. The Kier molecular flexibility index (Phi) is 6.68. The number of piperidine rings is 1. The van der Waals surface area contributed by atoms with Gasteiger partial charge >= 0.3 is 0 Å². The molecule has 0 radical (unpaired) electrons. The minimum atomic E-state index is -1.20. The maximum atomic E-state index is 15.4. The second-order valence-corrected chi connectivity index (χ2v) is 8.46. The molecule has 0 spiro atoms. The highest BCUT2D eigenvalue weighted by atomic mass is 19.1. The number of carbonyl (C=O) groups excluding carboxylic acids is 1. The number of aromatic nitrogens is 3. The van der Waals surface area contributed by atoms with Gasteiger partial charge in [-0.3, -0.25) is 4.79 Å². The molecule has 2 aromatic heterocycles. The fraction of sp³-hybridized carbons (Fsp3) is 0.500. The van der Waals surface area contributed by atoms with Crippen LogP contribution in [0.1, 0.15) is 49.0 Å². The molecular weight excluding hydrogens is 425 g/mol. The number of pyridine rings is 1. The number of carbonyl (C=O) groups is 1. The third kappa shape index (κ3) is 4.87. The molecular formula is C22H30FN9O. The standard InChI is InChI=1S/C22H30FN9O/c1-3-15-10-27-22(28-11-15)30-9-8-19(18(23)13-30)31(17-5-6-17)21(33)16-4-7-20(26-12-16)32(25)14(2)29-24/h4,7,10-12,17-19H,3,5-6,8-9,13,24-25H2,1-2H3/b29-14-. The van der Waals surface area contributed by atoms with E-state index in [1.807, 2.05) is 11.8 Å². The van der Waals surface area contributed by atoms with Crippen molar-refractivity contribution >= 4 is 23.5 Å². The molecule has 1 aliphatic carbocycles. The number of amidine groups is 1. The molecule has 1 saturated heterocycles. The Balaban J connectivity index is 1.47. The SMILES string of the molecule is CCc1cnc(N2CCC(N(C(=O)c3ccc(N(N)/C(C)=N\N)nc3)C3CC3)C(F)C2)nc1. The predicted molar refractivity (Wildman–Crippen MR) is 124 cm³/mol. The molecule has 2 aromatic rings. The van der Waals surface area contributed by atoms with Crippen LogP contribution in [0, 0.1) is 0 Å². The van der Waals surface area contributed by atoms with Crippen LogP contribution in [-0.4, -0.2) is 62.9 Å². The second-order valence-electron chi connectivity index (χ2n) is 8.46. The van der Waals surface area contributed by atoms with E-state index in [4.69, 9.17) is 11.7 Å². The zero-order valence-corrected chi connectivity index (χ0v) is 18.9. The first kappa shape index (κ1) is 22.8. The molecule has 33 heavy (non-hydrogen) atoms. The van der Waals surface area contributed by atoms with Crippen LogP contribution in [0.5, 0.6) is 0 Å². The fourth-order valence-electron chi connectivity index (χ4n) is 4.05. The van der Waals surface area contributed by atoms with Crippen LogP contribution in [0.15, 0.2) is 35.8 Å². The highest BCUT2D eigenvalue weighted by Crippen LogP contribution is 2.34. The van der Waals surface area contributed by atoms with E-state index in [9.17, 15) is 4.79 Å². The molecule has 1 saturated carbocycles. The Morgan fingerprint density at radius 1 is 1.21 bits per heavy atom. The summed E-state index contributed by atoms with van der Waals surface area (Å²) < 4.78 is 15.4. The van der Waals surface area contributed by atoms with Crippen LogP contribution in [0.3, 0.4) is 0 Å². The van der Waals surface area contributed by atoms with E-state index in [-0.39, 0.29) is 18.5 Å². The van der Waals surface area contributed by atoms with E-state index < -0.39 is 12.2 Å². The Morgan fingerprint density at radius 3 is 2.48 bits per heavy atom. The van der Waals surface area contributed by atoms with E-state index in [0.717, 1.165) is 24.8 Å². The van der Waals surface area contributed by atoms with Gasteiger partial charge in [-0.15, -0.1) is 0 Å². The van der Waals surface area contributed by atoms with Gasteiger partial charge in [0.25, 0.3) is 5.91 Å². The van der Waals surface area contributed by atoms with Crippen molar-refractivity contribution in [1.29, 1.82) is 0 Å². The summed E-state index contributed by atoms with van der Waals surface area (Å²) in [6.45, 7) is 4.43. The molecule has 4 rings (SSSR count). The van der Waals surface area contributed by atoms with E-state index >= 15 is 4.39 Å². The summed E-state index contributed by atoms with van der Waals surface area (Å²) in [5, 5.41) is 4.77. The first-order valence-corrected chi connectivity index (χ1v) is 11.2. The minimum Gasteiger partial charge on any atom is -0.338 e. The number of alkyl halides is 1. The van der Waals surface area contributed by atoms with E-state index in [1.165, 1.54) is 11.2 Å². The monoisotopic (exact) mass is 455 g/mol. The highest BCUT2D eigenvalue weighted by molar-refractivity contribution is 5.96. The zero-order valence-electron chi connectivity index (χ0n) is 18.9. The van der Waals surface area contributed by atoms with E-state index in [1.54, 1.807) is 36.4 Å². The first-order valence-electron chi connectivity index (χ1n) is 11.2. The molecule has 0 aromatic carbocycles. The number of aryl methyl sites for hydroxylation is 1. The van der Waals surface area contributed by atoms with Crippen molar-refractivity contribution in [2.45, 2.75) is 57.8 Å². The van der Waals surface area contributed by atoms with Gasteiger partial charge in [-0.2, -0.15) is 5.10 Å². The maximum absolute atomic E-state index is 15.4. The average Bonchev–Trinajstić information content (AvgIpc) is 3.69. The fourth-order valence-corrected chi connectivity index (χ4v) is 4.05. The number of nitrogens with zero attached hydrogens (tertiary/aromatic N) is 7. The van der Waals surface area contributed by atoms with Gasteiger partial charge in [-0.25, -0.2) is 30.2 Å². The molecule has 1 aliphatic heterocycles. The van der Waals surface area contributed by atoms with Crippen LogP contribution in [0.25, 0.3) is 0 Å². The predicted octanol–water partition coefficient (Wildman–Crippen LogP) is 1.63. The van der Waals surface area contributed by atoms with Crippen molar-refractivity contribution in [3.05, 3.63) is 41.9 Å². The largest absolute Gasteiger partial charge is 0.338 e. The third-order valence-electron chi connectivity index (χ3n) is 6.20. The lowest BCUT2D eigenvalue weighted by molar-refractivity contribution is 0.0486. The number of hydrogen-bond acceptors (Lipinski definition) is 8. The lowest BCUT2D eigenvalue weighted by Crippen LogP contribution is -2.55. The average molecular weight is 456 g/mol. The van der Waals surface area contributed by atoms with Gasteiger partial charge in [0.1, 0.15) is 17.8 Å². The smallest absolute Gasteiger partial charge is 0.256 e. The van der Waals surface area contributed by atoms with Crippen molar-refractivity contribution in [1.82, 2.24) is 19.9 Å². The van der Waals surface area contributed by atoms with Crippen molar-refractivity contribution in [3.8, 4) is 0 Å². The number of hydrazine groups is 1. The van der Waals surface area contributed by atoms with Gasteiger partial charge in [-0.1, -0.05) is 6.92 Å². The Hall–Kier alpha value is -3.34. The van der Waals surface area contributed by atoms with Gasteiger partial charge in [0, 0.05) is 31.2 Å². The molecule has 4 N–H and O–H groups in total. The topological polar surface area (TPSA) is 130 Å². The summed E-state index contributed by atoms with van der Waals surface area (Å²) in [5.41, 5.74) is 1.44. The Morgan fingerprint density at radius 2 is 1.94 bits per heavy atom. The quantitative estimate of drug-likeness (QED) is 0.291. The normalized spacial score (nSPS) is 21.1. The molecule has 10 nitrogen and oxygen atoms in total. The van der Waals surface area contributed by atoms with Gasteiger partial charge in [-0.05, 0) is 50.3 Å². The molecule has 2 aliphatic rings.